The summed E-state index contributed by atoms with van der Waals surface area (Å²) < 4.78 is 39.6. The number of hydrogen-bond donors (Lipinski definition) is 1. The first-order valence-corrected chi connectivity index (χ1v) is 12.6. The van der Waals surface area contributed by atoms with E-state index in [2.05, 4.69) is 5.32 Å². The number of hydrogen-bond acceptors (Lipinski definition) is 5. The van der Waals surface area contributed by atoms with E-state index in [9.17, 15) is 13.2 Å². The van der Waals surface area contributed by atoms with Crippen LogP contribution in [0.1, 0.15) is 11.1 Å². The molecule has 178 valence electrons. The second-order valence-electron chi connectivity index (χ2n) is 7.97. The molecular weight excluding hydrogens is 476 g/mol. The predicted molar refractivity (Wildman–Crippen MR) is 131 cm³/mol. The van der Waals surface area contributed by atoms with Crippen LogP contribution >= 0.6 is 11.6 Å². The van der Waals surface area contributed by atoms with Crippen LogP contribution < -0.4 is 19.1 Å². The Morgan fingerprint density at radius 2 is 1.85 bits per heavy atom. The van der Waals surface area contributed by atoms with Gasteiger partial charge in [0.1, 0.15) is 18.1 Å². The molecule has 1 aliphatic rings. The van der Waals surface area contributed by atoms with Crippen LogP contribution in [0.4, 0.5) is 5.69 Å². The Morgan fingerprint density at radius 1 is 1.12 bits per heavy atom. The Bertz CT molecular complexity index is 1290. The molecule has 34 heavy (non-hydrogen) atoms. The van der Waals surface area contributed by atoms with Crippen molar-refractivity contribution in [2.75, 3.05) is 24.0 Å². The normalized spacial score (nSPS) is 15.3. The van der Waals surface area contributed by atoms with Crippen molar-refractivity contribution in [3.05, 3.63) is 82.9 Å². The zero-order valence-corrected chi connectivity index (χ0v) is 20.4. The number of para-hydroxylation sites is 2. The van der Waals surface area contributed by atoms with Crippen LogP contribution in [0.5, 0.6) is 11.5 Å². The maximum atomic E-state index is 13.4. The minimum absolute atomic E-state index is 0.0784. The van der Waals surface area contributed by atoms with Crippen LogP contribution in [-0.2, 0) is 14.8 Å². The molecular formula is C25H25ClN2O5S. The molecule has 1 amide bonds. The Kier molecular flexibility index (Phi) is 7.00. The number of amides is 1. The van der Waals surface area contributed by atoms with E-state index < -0.39 is 22.0 Å². The molecule has 1 N–H and O–H groups in total. The van der Waals surface area contributed by atoms with Crippen molar-refractivity contribution in [2.24, 2.45) is 0 Å². The van der Waals surface area contributed by atoms with Crippen molar-refractivity contribution in [2.45, 2.75) is 24.8 Å². The molecule has 1 atom stereocenters. The molecule has 9 heteroatoms. The molecule has 0 radical (unpaired) electrons. The first kappa shape index (κ1) is 23.9. The first-order valence-electron chi connectivity index (χ1n) is 10.8. The lowest BCUT2D eigenvalue weighted by atomic mass is 10.1. The zero-order chi connectivity index (χ0) is 24.3. The van der Waals surface area contributed by atoms with Gasteiger partial charge < -0.3 is 14.8 Å². The average Bonchev–Trinajstić information content (AvgIpc) is 2.82. The van der Waals surface area contributed by atoms with Crippen LogP contribution in [0, 0.1) is 13.8 Å². The summed E-state index contributed by atoms with van der Waals surface area (Å²) in [6, 6.07) is 18.5. The number of rotatable bonds is 7. The zero-order valence-electron chi connectivity index (χ0n) is 18.8. The van der Waals surface area contributed by atoms with Crippen molar-refractivity contribution in [1.29, 1.82) is 0 Å². The maximum absolute atomic E-state index is 13.4. The topological polar surface area (TPSA) is 84.9 Å². The molecule has 3 aromatic rings. The van der Waals surface area contributed by atoms with Crippen LogP contribution in [0.3, 0.4) is 0 Å². The fourth-order valence-corrected chi connectivity index (χ4v) is 5.31. The summed E-state index contributed by atoms with van der Waals surface area (Å²) in [5, 5.41) is 3.21. The van der Waals surface area contributed by atoms with Gasteiger partial charge >= 0.3 is 0 Å². The number of nitrogens with one attached hydrogen (secondary N) is 1. The Morgan fingerprint density at radius 3 is 2.59 bits per heavy atom. The summed E-state index contributed by atoms with van der Waals surface area (Å²) in [6.07, 6.45) is -1.02. The minimum Gasteiger partial charge on any atom is -0.491 e. The number of halogens is 1. The second-order valence-corrected chi connectivity index (χ2v) is 10.3. The summed E-state index contributed by atoms with van der Waals surface area (Å²) in [5.74, 6) is 0.649. The third-order valence-electron chi connectivity index (χ3n) is 5.42. The third-order valence-corrected chi connectivity index (χ3v) is 7.46. The van der Waals surface area contributed by atoms with Crippen LogP contribution in [-0.4, -0.2) is 40.1 Å². The molecule has 4 rings (SSSR count). The number of sulfonamides is 1. The maximum Gasteiger partial charge on any atom is 0.264 e. The highest BCUT2D eigenvalue weighted by molar-refractivity contribution is 7.92. The summed E-state index contributed by atoms with van der Waals surface area (Å²) in [7, 11) is -3.94. The van der Waals surface area contributed by atoms with Crippen molar-refractivity contribution in [1.82, 2.24) is 5.32 Å². The number of carbonyl (C=O) groups is 1. The van der Waals surface area contributed by atoms with E-state index in [-0.39, 0.29) is 24.6 Å². The SMILES string of the molecule is Cc1ccc(OCCNC(=O)[C@@H]2CN(S(=O)(=O)c3ccc(Cl)cc3)c3ccccc3O2)c(C)c1. The molecule has 7 nitrogen and oxygen atoms in total. The molecule has 0 spiro atoms. The molecule has 0 bridgehead atoms. The number of fused-ring (bicyclic) bond motifs is 1. The van der Waals surface area contributed by atoms with Gasteiger partial charge in [-0.2, -0.15) is 0 Å². The number of carbonyl (C=O) groups excluding carboxylic acids is 1. The van der Waals surface area contributed by atoms with Crippen LogP contribution in [0.15, 0.2) is 71.6 Å². The van der Waals surface area contributed by atoms with Crippen molar-refractivity contribution >= 4 is 33.2 Å². The van der Waals surface area contributed by atoms with Gasteiger partial charge in [-0.25, -0.2) is 8.42 Å². The van der Waals surface area contributed by atoms with E-state index in [1.165, 1.54) is 28.6 Å². The quantitative estimate of drug-likeness (QED) is 0.493. The van der Waals surface area contributed by atoms with Gasteiger partial charge in [0.2, 0.25) is 0 Å². The van der Waals surface area contributed by atoms with E-state index in [1.54, 1.807) is 24.3 Å². The molecule has 1 aliphatic heterocycles. The highest BCUT2D eigenvalue weighted by Crippen LogP contribution is 2.37. The second kappa shape index (κ2) is 9.95. The number of benzene rings is 3. The van der Waals surface area contributed by atoms with Crippen molar-refractivity contribution < 1.29 is 22.7 Å². The van der Waals surface area contributed by atoms with Crippen LogP contribution in [0.2, 0.25) is 5.02 Å². The Labute approximate surface area is 204 Å². The molecule has 0 aliphatic carbocycles. The summed E-state index contributed by atoms with van der Waals surface area (Å²) in [4.78, 5) is 12.9. The lowest BCUT2D eigenvalue weighted by Gasteiger charge is -2.34. The number of anilines is 1. The van der Waals surface area contributed by atoms with E-state index >= 15 is 0 Å². The standard InChI is InChI=1S/C25H25ClN2O5S/c1-17-7-12-22(18(2)15-17)32-14-13-27-25(29)24-16-28(21-5-3-4-6-23(21)33-24)34(30,31)20-10-8-19(26)9-11-20/h3-12,15,24H,13-14,16H2,1-2H3,(H,27,29)/t24-/m0/s1. The molecule has 1 heterocycles. The smallest absolute Gasteiger partial charge is 0.264 e. The van der Waals surface area contributed by atoms with E-state index in [0.29, 0.717) is 16.5 Å². The molecule has 0 saturated carbocycles. The monoisotopic (exact) mass is 500 g/mol. The van der Waals surface area contributed by atoms with Gasteiger partial charge in [0, 0.05) is 5.02 Å². The molecule has 3 aromatic carbocycles. The van der Waals surface area contributed by atoms with Gasteiger partial charge in [0.05, 0.1) is 23.7 Å². The van der Waals surface area contributed by atoms with Crippen molar-refractivity contribution in [3.63, 3.8) is 0 Å². The first-order chi connectivity index (χ1) is 16.3. The van der Waals surface area contributed by atoms with Crippen LogP contribution in [0.25, 0.3) is 0 Å². The van der Waals surface area contributed by atoms with Gasteiger partial charge in [-0.3, -0.25) is 9.10 Å². The summed E-state index contributed by atoms with van der Waals surface area (Å²) in [6.45, 7) is 4.33. The van der Waals surface area contributed by atoms with Gasteiger partial charge in [0.25, 0.3) is 15.9 Å². The van der Waals surface area contributed by atoms with Gasteiger partial charge in [-0.05, 0) is 61.9 Å². The molecule has 0 unspecified atom stereocenters. The Balaban J connectivity index is 1.45. The van der Waals surface area contributed by atoms with Crippen molar-refractivity contribution in [3.8, 4) is 11.5 Å². The highest BCUT2D eigenvalue weighted by atomic mass is 35.5. The third kappa shape index (κ3) is 5.13. The molecule has 0 saturated heterocycles. The molecule has 0 fully saturated rings. The van der Waals surface area contributed by atoms with E-state index in [4.69, 9.17) is 21.1 Å². The van der Waals surface area contributed by atoms with Gasteiger partial charge in [-0.1, -0.05) is 41.4 Å². The largest absolute Gasteiger partial charge is 0.491 e. The lowest BCUT2D eigenvalue weighted by molar-refractivity contribution is -0.127. The fraction of sp³-hybridized carbons (Fsp3) is 0.240. The average molecular weight is 501 g/mol. The van der Waals surface area contributed by atoms with Gasteiger partial charge in [-0.15, -0.1) is 0 Å². The number of aryl methyl sites for hydroxylation is 2. The van der Waals surface area contributed by atoms with Gasteiger partial charge in [0.15, 0.2) is 6.10 Å². The fourth-order valence-electron chi connectivity index (χ4n) is 3.71. The summed E-state index contributed by atoms with van der Waals surface area (Å²) >= 11 is 5.92. The lowest BCUT2D eigenvalue weighted by Crippen LogP contribution is -2.51. The predicted octanol–water partition coefficient (Wildman–Crippen LogP) is 4.11. The highest BCUT2D eigenvalue weighted by Gasteiger charge is 2.37. The van der Waals surface area contributed by atoms with E-state index in [1.807, 2.05) is 32.0 Å². The number of nitrogens with zero attached hydrogens (tertiary/aromatic N) is 1. The minimum atomic E-state index is -3.94. The molecule has 0 aromatic heterocycles. The Hall–Kier alpha value is -3.23. The number of ether oxygens (including phenoxy) is 2. The van der Waals surface area contributed by atoms with E-state index in [0.717, 1.165) is 16.9 Å². The summed E-state index contributed by atoms with van der Waals surface area (Å²) in [5.41, 5.74) is 2.53.